The summed E-state index contributed by atoms with van der Waals surface area (Å²) in [6.45, 7) is 9.43. The van der Waals surface area contributed by atoms with Crippen molar-refractivity contribution < 1.29 is 0 Å². The van der Waals surface area contributed by atoms with Crippen LogP contribution in [0.1, 0.15) is 49.9 Å². The van der Waals surface area contributed by atoms with Gasteiger partial charge < -0.3 is 4.57 Å². The van der Waals surface area contributed by atoms with Gasteiger partial charge in [0.15, 0.2) is 5.82 Å². The molecule has 0 saturated carbocycles. The molecule has 5 heteroatoms. The lowest BCUT2D eigenvalue weighted by atomic mass is 9.82. The van der Waals surface area contributed by atoms with Gasteiger partial charge in [-0.2, -0.15) is 0 Å². The molecule has 4 nitrogen and oxygen atoms in total. The molecule has 4 heterocycles. The Balaban J connectivity index is 1.04. The number of para-hydroxylation sites is 2. The Morgan fingerprint density at radius 2 is 0.982 bits per heavy atom. The van der Waals surface area contributed by atoms with Gasteiger partial charge in [-0.05, 0) is 99.1 Å². The lowest BCUT2D eigenvalue weighted by Crippen LogP contribution is -2.15. The minimum Gasteiger partial charge on any atom is -0.309 e. The van der Waals surface area contributed by atoms with Crippen molar-refractivity contribution in [1.29, 1.82) is 0 Å². The van der Waals surface area contributed by atoms with Gasteiger partial charge in [0.2, 0.25) is 0 Å². The molecular formula is C52H36N4S. The fourth-order valence-corrected chi connectivity index (χ4v) is 11.8. The minimum absolute atomic E-state index is 0.0884. The monoisotopic (exact) mass is 748 g/mol. The third kappa shape index (κ3) is 3.92. The molecule has 0 N–H and O–H groups in total. The number of hydrogen-bond acceptors (Lipinski definition) is 3. The number of fused-ring (bicyclic) bond motifs is 15. The van der Waals surface area contributed by atoms with E-state index in [4.69, 9.17) is 9.97 Å². The predicted molar refractivity (Wildman–Crippen MR) is 239 cm³/mol. The van der Waals surface area contributed by atoms with Gasteiger partial charge >= 0.3 is 0 Å². The molecule has 0 amide bonds. The number of nitrogens with zero attached hydrogens (tertiary/aromatic N) is 4. The lowest BCUT2D eigenvalue weighted by Gasteiger charge is -2.21. The smallest absolute Gasteiger partial charge is 0.159 e. The lowest BCUT2D eigenvalue weighted by molar-refractivity contribution is 0.661. The van der Waals surface area contributed by atoms with Gasteiger partial charge in [-0.1, -0.05) is 113 Å². The van der Waals surface area contributed by atoms with Crippen LogP contribution in [0.25, 0.3) is 97.7 Å². The van der Waals surface area contributed by atoms with Gasteiger partial charge in [0.1, 0.15) is 6.33 Å². The van der Waals surface area contributed by atoms with Crippen molar-refractivity contribution in [3.8, 4) is 33.8 Å². The maximum Gasteiger partial charge on any atom is 0.159 e. The second-order valence-electron chi connectivity index (χ2n) is 17.0. The van der Waals surface area contributed by atoms with Crippen LogP contribution in [0.3, 0.4) is 0 Å². The Morgan fingerprint density at radius 3 is 1.61 bits per heavy atom. The summed E-state index contributed by atoms with van der Waals surface area (Å²) in [5, 5.41) is 6.17. The second-order valence-corrected chi connectivity index (χ2v) is 18.1. The molecule has 0 fully saturated rings. The van der Waals surface area contributed by atoms with Crippen molar-refractivity contribution in [1.82, 2.24) is 19.1 Å². The van der Waals surface area contributed by atoms with Crippen LogP contribution >= 0.6 is 11.3 Å². The van der Waals surface area contributed by atoms with Crippen molar-refractivity contribution in [2.75, 3.05) is 0 Å². The van der Waals surface area contributed by atoms with Gasteiger partial charge in [0, 0.05) is 48.1 Å². The topological polar surface area (TPSA) is 35.6 Å². The fourth-order valence-electron chi connectivity index (χ4n) is 10.7. The van der Waals surface area contributed by atoms with E-state index in [9.17, 15) is 0 Å². The third-order valence-corrected chi connectivity index (χ3v) is 14.6. The number of thiophene rings is 1. The van der Waals surface area contributed by atoms with Crippen molar-refractivity contribution in [2.45, 2.75) is 38.5 Å². The average Bonchev–Trinajstić information content (AvgIpc) is 3.99. The number of hydrogen-bond donors (Lipinski definition) is 0. The molecule has 11 aromatic rings. The van der Waals surface area contributed by atoms with E-state index in [1.54, 1.807) is 17.7 Å². The van der Waals surface area contributed by atoms with Crippen LogP contribution in [0.4, 0.5) is 0 Å². The molecule has 0 spiro atoms. The Labute approximate surface area is 333 Å². The molecule has 0 aliphatic heterocycles. The Morgan fingerprint density at radius 1 is 0.439 bits per heavy atom. The minimum atomic E-state index is -0.108. The summed E-state index contributed by atoms with van der Waals surface area (Å²) in [5.74, 6) is 0.927. The first-order valence-electron chi connectivity index (χ1n) is 19.8. The van der Waals surface area contributed by atoms with Crippen LogP contribution in [0.5, 0.6) is 0 Å². The zero-order valence-electron chi connectivity index (χ0n) is 32.1. The normalized spacial score (nSPS) is 14.9. The number of rotatable bonds is 2. The summed E-state index contributed by atoms with van der Waals surface area (Å²) >= 11 is 1.79. The highest BCUT2D eigenvalue weighted by Crippen LogP contribution is 2.53. The Hall–Kier alpha value is -6.56. The van der Waals surface area contributed by atoms with Gasteiger partial charge in [-0.3, -0.25) is 4.57 Å². The molecule has 0 atom stereocenters. The fraction of sp³-hybridized carbons (Fsp3) is 0.115. The zero-order valence-corrected chi connectivity index (χ0v) is 32.9. The van der Waals surface area contributed by atoms with E-state index < -0.39 is 0 Å². The van der Waals surface area contributed by atoms with Crippen molar-refractivity contribution in [2.24, 2.45) is 0 Å². The molecule has 0 saturated heterocycles. The van der Waals surface area contributed by atoms with Gasteiger partial charge in [-0.15, -0.1) is 11.3 Å². The van der Waals surface area contributed by atoms with E-state index in [1.807, 2.05) is 0 Å². The van der Waals surface area contributed by atoms with Crippen LogP contribution < -0.4 is 0 Å². The number of aromatic nitrogens is 4. The van der Waals surface area contributed by atoms with E-state index in [2.05, 4.69) is 176 Å². The molecule has 13 rings (SSSR count). The van der Waals surface area contributed by atoms with Crippen molar-refractivity contribution >= 4 is 75.3 Å². The summed E-state index contributed by atoms with van der Waals surface area (Å²) in [6, 6.07) is 52.1. The van der Waals surface area contributed by atoms with Crippen LogP contribution in [0, 0.1) is 0 Å². The third-order valence-electron chi connectivity index (χ3n) is 13.4. The van der Waals surface area contributed by atoms with E-state index in [0.29, 0.717) is 0 Å². The number of benzene rings is 7. The van der Waals surface area contributed by atoms with E-state index in [1.165, 1.54) is 87.3 Å². The highest BCUT2D eigenvalue weighted by atomic mass is 32.1. The van der Waals surface area contributed by atoms with Crippen LogP contribution in [-0.4, -0.2) is 19.1 Å². The van der Waals surface area contributed by atoms with Gasteiger partial charge in [-0.25, -0.2) is 9.97 Å². The highest BCUT2D eigenvalue weighted by molar-refractivity contribution is 7.26. The summed E-state index contributed by atoms with van der Waals surface area (Å²) in [6.07, 6.45) is 1.76. The van der Waals surface area contributed by atoms with Gasteiger partial charge in [0.05, 0.1) is 32.3 Å². The van der Waals surface area contributed by atoms with Crippen LogP contribution in [-0.2, 0) is 10.8 Å². The van der Waals surface area contributed by atoms with E-state index in [0.717, 1.165) is 32.6 Å². The first kappa shape index (κ1) is 31.6. The second kappa shape index (κ2) is 10.6. The maximum absolute atomic E-state index is 5.09. The molecule has 0 bridgehead atoms. The standard InChI is InChI=1S/C52H36N4S/c1-51(2)39-17-9-5-13-30(39)34-24-36-32-15-7-11-19-43(32)55(45(36)26-41(34)51)29-21-22-47-38(23-29)48-49(57-47)50(54-28-53-48)56-44-20-12-8-16-33(44)37-25-35-31-14-6-10-18-40(31)52(3,4)42(35)27-46(37)56/h5-28H,1-4H3. The first-order valence-corrected chi connectivity index (χ1v) is 20.6. The zero-order chi connectivity index (χ0) is 37.9. The Bertz CT molecular complexity index is 3590. The Kier molecular flexibility index (Phi) is 5.90. The SMILES string of the molecule is CC1(C)c2ccccc2-c2cc3c4ccccc4n(-c4ccc5sc6c(-n7c8ccccc8c8cc9c(cc87)C(C)(C)c7ccccc7-9)ncnc6c5c4)c3cc21. The molecule has 0 unspecified atom stereocenters. The molecular weight excluding hydrogens is 713 g/mol. The molecule has 2 aliphatic carbocycles. The summed E-state index contributed by atoms with van der Waals surface area (Å²) in [5.41, 5.74) is 17.6. The van der Waals surface area contributed by atoms with E-state index in [-0.39, 0.29) is 10.8 Å². The van der Waals surface area contributed by atoms with Crippen molar-refractivity contribution in [3.63, 3.8) is 0 Å². The average molecular weight is 749 g/mol. The predicted octanol–water partition coefficient (Wildman–Crippen LogP) is 13.7. The van der Waals surface area contributed by atoms with Gasteiger partial charge in [0.25, 0.3) is 0 Å². The summed E-state index contributed by atoms with van der Waals surface area (Å²) in [7, 11) is 0. The molecule has 7 aromatic carbocycles. The van der Waals surface area contributed by atoms with Crippen molar-refractivity contribution in [3.05, 3.63) is 168 Å². The summed E-state index contributed by atoms with van der Waals surface area (Å²) < 4.78 is 7.14. The summed E-state index contributed by atoms with van der Waals surface area (Å²) in [4.78, 5) is 10.1. The molecule has 4 aromatic heterocycles. The maximum atomic E-state index is 5.09. The first-order chi connectivity index (χ1) is 27.8. The molecule has 57 heavy (non-hydrogen) atoms. The largest absolute Gasteiger partial charge is 0.309 e. The molecule has 2 aliphatic rings. The molecule has 0 radical (unpaired) electrons. The van der Waals surface area contributed by atoms with Crippen LogP contribution in [0.15, 0.2) is 146 Å². The highest BCUT2D eigenvalue weighted by Gasteiger charge is 2.37. The quantitative estimate of drug-likeness (QED) is 0.176. The molecule has 270 valence electrons. The van der Waals surface area contributed by atoms with E-state index >= 15 is 0 Å². The van der Waals surface area contributed by atoms with Crippen LogP contribution in [0.2, 0.25) is 0 Å².